The van der Waals surface area contributed by atoms with Gasteiger partial charge in [0.25, 0.3) is 0 Å². The van der Waals surface area contributed by atoms with Gasteiger partial charge in [-0.1, -0.05) is 95.4 Å². The normalized spacial score (nSPS) is 16.9. The van der Waals surface area contributed by atoms with Gasteiger partial charge in [0.1, 0.15) is 0 Å². The third-order valence-corrected chi connectivity index (χ3v) is 4.94. The molecule has 3 nitrogen and oxygen atoms in total. The van der Waals surface area contributed by atoms with Crippen LogP contribution in [0, 0.1) is 5.92 Å². The summed E-state index contributed by atoms with van der Waals surface area (Å²) in [5.74, 6) is 0.135. The number of para-hydroxylation sites is 1. The summed E-state index contributed by atoms with van der Waals surface area (Å²) in [7, 11) is 0. The van der Waals surface area contributed by atoms with Gasteiger partial charge in [0.15, 0.2) is 0 Å². The molecule has 2 rings (SSSR count). The molecule has 0 saturated heterocycles. The highest BCUT2D eigenvalue weighted by Gasteiger charge is 2.21. The Morgan fingerprint density at radius 1 is 0.880 bits per heavy atom. The zero-order chi connectivity index (χ0) is 17.7. The van der Waals surface area contributed by atoms with Crippen molar-refractivity contribution >= 4 is 11.6 Å². The lowest BCUT2D eigenvalue weighted by Crippen LogP contribution is -2.45. The smallest absolute Gasteiger partial charge is 0.245 e. The predicted octanol–water partition coefficient (Wildman–Crippen LogP) is 5.98. The van der Waals surface area contributed by atoms with E-state index < -0.39 is 0 Å². The van der Waals surface area contributed by atoms with Crippen molar-refractivity contribution in [3.8, 4) is 0 Å². The Bertz CT molecular complexity index is 512. The molecule has 1 aromatic carbocycles. The molecule has 3 heteroatoms. The molecule has 1 N–H and O–H groups in total. The largest absolute Gasteiger partial charge is 0.273 e. The van der Waals surface area contributed by atoms with Crippen molar-refractivity contribution in [2.45, 2.75) is 77.6 Å². The molecular weight excluding hydrogens is 308 g/mol. The molecule has 1 heterocycles. The summed E-state index contributed by atoms with van der Waals surface area (Å²) in [5.41, 5.74) is 3.97. The second kappa shape index (κ2) is 11.7. The van der Waals surface area contributed by atoms with Crippen LogP contribution in [-0.4, -0.2) is 5.91 Å². The minimum Gasteiger partial charge on any atom is -0.273 e. The Hall–Kier alpha value is -1.77. The molecule has 0 aromatic heterocycles. The van der Waals surface area contributed by atoms with Gasteiger partial charge in [0, 0.05) is 6.20 Å². The lowest BCUT2D eigenvalue weighted by atomic mass is 9.98. The highest BCUT2D eigenvalue weighted by Crippen LogP contribution is 2.20. The van der Waals surface area contributed by atoms with Crippen molar-refractivity contribution in [2.24, 2.45) is 5.92 Å². The van der Waals surface area contributed by atoms with Gasteiger partial charge in [-0.25, -0.2) is 0 Å². The fourth-order valence-electron chi connectivity index (χ4n) is 3.33. The third kappa shape index (κ3) is 7.33. The van der Waals surface area contributed by atoms with Gasteiger partial charge in [0.05, 0.1) is 11.6 Å². The average molecular weight is 343 g/mol. The number of amides is 1. The first-order chi connectivity index (χ1) is 12.3. The summed E-state index contributed by atoms with van der Waals surface area (Å²) < 4.78 is 0. The van der Waals surface area contributed by atoms with E-state index in [1.165, 1.54) is 57.8 Å². The predicted molar refractivity (Wildman–Crippen MR) is 106 cm³/mol. The quantitative estimate of drug-likeness (QED) is 0.474. The van der Waals surface area contributed by atoms with E-state index in [0.29, 0.717) is 0 Å². The Morgan fingerprint density at radius 2 is 1.48 bits per heavy atom. The molecule has 0 fully saturated rings. The van der Waals surface area contributed by atoms with E-state index in [4.69, 9.17) is 0 Å². The molecule has 1 unspecified atom stereocenters. The second-order valence-electron chi connectivity index (χ2n) is 7.10. The van der Waals surface area contributed by atoms with Crippen molar-refractivity contribution in [2.75, 3.05) is 5.01 Å². The van der Waals surface area contributed by atoms with Crippen LogP contribution in [0.4, 0.5) is 5.69 Å². The number of carbonyl (C=O) groups is 1. The molecule has 0 radical (unpaired) electrons. The van der Waals surface area contributed by atoms with Crippen LogP contribution in [0.3, 0.4) is 0 Å². The second-order valence-corrected chi connectivity index (χ2v) is 7.10. The van der Waals surface area contributed by atoms with E-state index in [2.05, 4.69) is 12.3 Å². The van der Waals surface area contributed by atoms with Crippen LogP contribution in [0.25, 0.3) is 0 Å². The SMILES string of the molecule is CCCCCCCCCCCCC1C=CN(c2ccccc2)NC1=O. The Balaban J connectivity index is 1.55. The number of hydrogen-bond acceptors (Lipinski definition) is 2. The molecule has 1 aliphatic rings. The van der Waals surface area contributed by atoms with E-state index in [0.717, 1.165) is 18.5 Å². The molecule has 0 bridgehead atoms. The van der Waals surface area contributed by atoms with Gasteiger partial charge >= 0.3 is 0 Å². The molecule has 1 aromatic rings. The molecule has 0 aliphatic carbocycles. The zero-order valence-corrected chi connectivity index (χ0v) is 15.8. The molecule has 0 spiro atoms. The average Bonchev–Trinajstić information content (AvgIpc) is 2.65. The topological polar surface area (TPSA) is 32.3 Å². The van der Waals surface area contributed by atoms with E-state index in [1.54, 1.807) is 5.01 Å². The van der Waals surface area contributed by atoms with E-state index in [1.807, 2.05) is 42.6 Å². The summed E-state index contributed by atoms with van der Waals surface area (Å²) in [6.07, 6.45) is 18.3. The zero-order valence-electron chi connectivity index (χ0n) is 15.8. The number of nitrogens with one attached hydrogen (secondary N) is 1. The maximum Gasteiger partial charge on any atom is 0.245 e. The molecule has 1 atom stereocenters. The van der Waals surface area contributed by atoms with Crippen LogP contribution in [0.5, 0.6) is 0 Å². The standard InChI is InChI=1S/C22H34N2O/c1-2-3-4-5-6-7-8-9-10-12-15-20-18-19-24(23-22(20)25)21-16-13-11-14-17-21/h11,13-14,16-20H,2-10,12,15H2,1H3,(H,23,25). The van der Waals surface area contributed by atoms with Crippen molar-refractivity contribution in [3.63, 3.8) is 0 Å². The summed E-state index contributed by atoms with van der Waals surface area (Å²) in [6.45, 7) is 2.26. The highest BCUT2D eigenvalue weighted by atomic mass is 16.2. The number of unbranched alkanes of at least 4 members (excludes halogenated alkanes) is 9. The number of benzene rings is 1. The van der Waals surface area contributed by atoms with Gasteiger partial charge in [-0.3, -0.25) is 15.2 Å². The highest BCUT2D eigenvalue weighted by molar-refractivity contribution is 5.84. The minimum atomic E-state index is 0.0222. The summed E-state index contributed by atoms with van der Waals surface area (Å²) in [5, 5.41) is 1.80. The van der Waals surface area contributed by atoms with Gasteiger partial charge in [0.2, 0.25) is 5.91 Å². The number of hydrogen-bond donors (Lipinski definition) is 1. The van der Waals surface area contributed by atoms with Crippen molar-refractivity contribution in [1.82, 2.24) is 5.43 Å². The van der Waals surface area contributed by atoms with Crippen molar-refractivity contribution in [1.29, 1.82) is 0 Å². The number of nitrogens with zero attached hydrogens (tertiary/aromatic N) is 1. The summed E-state index contributed by atoms with van der Waals surface area (Å²) in [6, 6.07) is 9.92. The molecule has 0 saturated carbocycles. The summed E-state index contributed by atoms with van der Waals surface area (Å²) >= 11 is 0. The number of anilines is 1. The lowest BCUT2D eigenvalue weighted by molar-refractivity contribution is -0.124. The minimum absolute atomic E-state index is 0.0222. The number of hydrazine groups is 1. The van der Waals surface area contributed by atoms with Crippen LogP contribution >= 0.6 is 0 Å². The Labute approximate surface area is 153 Å². The number of rotatable bonds is 12. The first-order valence-corrected chi connectivity index (χ1v) is 10.1. The first kappa shape index (κ1) is 19.6. The van der Waals surface area contributed by atoms with Crippen LogP contribution in [0.15, 0.2) is 42.6 Å². The molecule has 138 valence electrons. The van der Waals surface area contributed by atoms with Gasteiger partial charge in [-0.2, -0.15) is 0 Å². The van der Waals surface area contributed by atoms with Crippen LogP contribution in [0.2, 0.25) is 0 Å². The van der Waals surface area contributed by atoms with Gasteiger partial charge in [-0.15, -0.1) is 0 Å². The number of carbonyl (C=O) groups excluding carboxylic acids is 1. The lowest BCUT2D eigenvalue weighted by Gasteiger charge is -2.28. The molecule has 1 aliphatic heterocycles. The molecular formula is C22H34N2O. The Morgan fingerprint density at radius 3 is 2.08 bits per heavy atom. The molecule has 25 heavy (non-hydrogen) atoms. The fourth-order valence-corrected chi connectivity index (χ4v) is 3.33. The van der Waals surface area contributed by atoms with Crippen molar-refractivity contribution in [3.05, 3.63) is 42.6 Å². The molecule has 1 amide bonds. The van der Waals surface area contributed by atoms with E-state index in [-0.39, 0.29) is 11.8 Å². The van der Waals surface area contributed by atoms with E-state index in [9.17, 15) is 4.79 Å². The first-order valence-electron chi connectivity index (χ1n) is 10.1. The van der Waals surface area contributed by atoms with E-state index >= 15 is 0 Å². The van der Waals surface area contributed by atoms with Gasteiger partial charge < -0.3 is 0 Å². The van der Waals surface area contributed by atoms with Gasteiger partial charge in [-0.05, 0) is 18.6 Å². The third-order valence-electron chi connectivity index (χ3n) is 4.94. The van der Waals surface area contributed by atoms with Crippen molar-refractivity contribution < 1.29 is 4.79 Å². The van der Waals surface area contributed by atoms with Crippen LogP contribution < -0.4 is 10.4 Å². The Kier molecular flexibility index (Phi) is 9.17. The maximum atomic E-state index is 12.3. The van der Waals surface area contributed by atoms with Crippen LogP contribution in [-0.2, 0) is 4.79 Å². The fraction of sp³-hybridized carbons (Fsp3) is 0.591. The maximum absolute atomic E-state index is 12.3. The monoisotopic (exact) mass is 342 g/mol. The van der Waals surface area contributed by atoms with Crippen LogP contribution in [0.1, 0.15) is 77.6 Å². The summed E-state index contributed by atoms with van der Waals surface area (Å²) in [4.78, 5) is 12.3.